The van der Waals surface area contributed by atoms with E-state index < -0.39 is 0 Å². The molecule has 2 heterocycles. The molecule has 0 unspecified atom stereocenters. The van der Waals surface area contributed by atoms with Crippen LogP contribution < -0.4 is 5.32 Å². The summed E-state index contributed by atoms with van der Waals surface area (Å²) in [4.78, 5) is 4.38. The molecule has 2 nitrogen and oxygen atoms in total. The summed E-state index contributed by atoms with van der Waals surface area (Å²) in [5, 5.41) is 3.42. The monoisotopic (exact) mass is 232 g/mol. The van der Waals surface area contributed by atoms with Crippen LogP contribution in [0.2, 0.25) is 0 Å². The van der Waals surface area contributed by atoms with E-state index in [0.717, 1.165) is 11.4 Å². The molecule has 1 aromatic carbocycles. The zero-order chi connectivity index (χ0) is 10.8. The number of piperidine rings is 1. The molecule has 84 valence electrons. The van der Waals surface area contributed by atoms with Crippen molar-refractivity contribution >= 4 is 21.6 Å². The summed E-state index contributed by atoms with van der Waals surface area (Å²) in [6.45, 7) is 2.37. The predicted octanol–water partition coefficient (Wildman–Crippen LogP) is 2.84. The molecule has 1 N–H and O–H groups in total. The number of benzene rings is 1. The Morgan fingerprint density at radius 1 is 1.31 bits per heavy atom. The summed E-state index contributed by atoms with van der Waals surface area (Å²) >= 11 is 1.78. The average Bonchev–Trinajstić information content (AvgIpc) is 2.80. The van der Waals surface area contributed by atoms with Crippen LogP contribution in [0.4, 0.5) is 0 Å². The van der Waals surface area contributed by atoms with Crippen LogP contribution in [0, 0.1) is 5.92 Å². The molecule has 0 bridgehead atoms. The Morgan fingerprint density at radius 2 is 2.19 bits per heavy atom. The molecule has 0 amide bonds. The molecule has 0 aliphatic carbocycles. The molecular formula is C13H16N2S. The van der Waals surface area contributed by atoms with Crippen LogP contribution in [0.3, 0.4) is 0 Å². The largest absolute Gasteiger partial charge is 0.317 e. The van der Waals surface area contributed by atoms with Gasteiger partial charge in [-0.05, 0) is 49.9 Å². The van der Waals surface area contributed by atoms with Gasteiger partial charge in [0.15, 0.2) is 0 Å². The van der Waals surface area contributed by atoms with Crippen molar-refractivity contribution < 1.29 is 0 Å². The lowest BCUT2D eigenvalue weighted by atomic mass is 9.91. The second-order valence-corrected chi connectivity index (χ2v) is 5.37. The molecule has 16 heavy (non-hydrogen) atoms. The Kier molecular flexibility index (Phi) is 2.89. The minimum absolute atomic E-state index is 0.856. The van der Waals surface area contributed by atoms with Gasteiger partial charge in [-0.3, -0.25) is 0 Å². The maximum absolute atomic E-state index is 4.38. The van der Waals surface area contributed by atoms with Gasteiger partial charge in [-0.1, -0.05) is 12.1 Å². The van der Waals surface area contributed by atoms with Gasteiger partial charge >= 0.3 is 0 Å². The van der Waals surface area contributed by atoms with E-state index in [4.69, 9.17) is 0 Å². The molecule has 0 saturated carbocycles. The van der Waals surface area contributed by atoms with Crippen molar-refractivity contribution in [2.24, 2.45) is 5.92 Å². The van der Waals surface area contributed by atoms with Crippen molar-refractivity contribution in [1.82, 2.24) is 10.3 Å². The first-order valence-corrected chi connectivity index (χ1v) is 6.83. The van der Waals surface area contributed by atoms with Gasteiger partial charge in [0.25, 0.3) is 0 Å². The third-order valence-electron chi connectivity index (χ3n) is 3.41. The van der Waals surface area contributed by atoms with Gasteiger partial charge in [0.2, 0.25) is 0 Å². The quantitative estimate of drug-likeness (QED) is 0.861. The molecule has 1 aliphatic heterocycles. The highest BCUT2D eigenvalue weighted by Gasteiger charge is 2.15. The molecule has 2 aromatic rings. The van der Waals surface area contributed by atoms with E-state index in [2.05, 4.69) is 28.5 Å². The molecule has 1 aromatic heterocycles. The Balaban J connectivity index is 1.85. The van der Waals surface area contributed by atoms with Crippen LogP contribution in [0.15, 0.2) is 23.7 Å². The van der Waals surface area contributed by atoms with E-state index in [0.29, 0.717) is 0 Å². The van der Waals surface area contributed by atoms with E-state index in [1.165, 1.54) is 42.6 Å². The zero-order valence-corrected chi connectivity index (χ0v) is 10.1. The summed E-state index contributed by atoms with van der Waals surface area (Å²) < 4.78 is 1.39. The molecular weight excluding hydrogens is 216 g/mol. The molecule has 0 spiro atoms. The van der Waals surface area contributed by atoms with Crippen molar-refractivity contribution in [1.29, 1.82) is 0 Å². The minimum atomic E-state index is 0.856. The van der Waals surface area contributed by atoms with Crippen LogP contribution in [-0.2, 0) is 6.42 Å². The van der Waals surface area contributed by atoms with Gasteiger partial charge in [0, 0.05) is 0 Å². The second kappa shape index (κ2) is 4.52. The number of hydrogen-bond donors (Lipinski definition) is 1. The third kappa shape index (κ3) is 1.97. The van der Waals surface area contributed by atoms with Crippen molar-refractivity contribution in [3.63, 3.8) is 0 Å². The van der Waals surface area contributed by atoms with Crippen LogP contribution in [-0.4, -0.2) is 18.1 Å². The van der Waals surface area contributed by atoms with Crippen molar-refractivity contribution in [3.8, 4) is 0 Å². The van der Waals surface area contributed by atoms with E-state index in [1.54, 1.807) is 11.3 Å². The highest BCUT2D eigenvalue weighted by atomic mass is 32.1. The maximum Gasteiger partial charge on any atom is 0.0814 e. The fourth-order valence-electron chi connectivity index (χ4n) is 2.50. The van der Waals surface area contributed by atoms with Crippen molar-refractivity contribution in [2.75, 3.05) is 13.1 Å². The number of fused-ring (bicyclic) bond motifs is 1. The predicted molar refractivity (Wildman–Crippen MR) is 68.9 cm³/mol. The highest BCUT2D eigenvalue weighted by molar-refractivity contribution is 7.16. The zero-order valence-electron chi connectivity index (χ0n) is 9.28. The molecule has 1 fully saturated rings. The average molecular weight is 232 g/mol. The topological polar surface area (TPSA) is 24.9 Å². The first kappa shape index (κ1) is 10.2. The van der Waals surface area contributed by atoms with Crippen LogP contribution in [0.5, 0.6) is 0 Å². The van der Waals surface area contributed by atoms with Crippen LogP contribution in [0.25, 0.3) is 10.2 Å². The fourth-order valence-corrected chi connectivity index (χ4v) is 3.32. The molecule has 3 rings (SSSR count). The second-order valence-electron chi connectivity index (χ2n) is 4.52. The van der Waals surface area contributed by atoms with E-state index >= 15 is 0 Å². The number of hydrogen-bond acceptors (Lipinski definition) is 3. The first-order valence-electron chi connectivity index (χ1n) is 5.95. The third-order valence-corrected chi connectivity index (χ3v) is 4.32. The number of nitrogens with one attached hydrogen (secondary N) is 1. The van der Waals surface area contributed by atoms with E-state index in [1.807, 2.05) is 5.51 Å². The van der Waals surface area contributed by atoms with E-state index in [9.17, 15) is 0 Å². The molecule has 1 saturated heterocycles. The van der Waals surface area contributed by atoms with Gasteiger partial charge in [0.1, 0.15) is 0 Å². The number of nitrogens with zero attached hydrogens (tertiary/aromatic N) is 1. The maximum atomic E-state index is 4.38. The Hall–Kier alpha value is -0.930. The Morgan fingerprint density at radius 3 is 3.06 bits per heavy atom. The number of rotatable bonds is 2. The lowest BCUT2D eigenvalue weighted by molar-refractivity contribution is 0.373. The lowest BCUT2D eigenvalue weighted by Gasteiger charge is -2.22. The van der Waals surface area contributed by atoms with Gasteiger partial charge in [-0.25, -0.2) is 4.98 Å². The minimum Gasteiger partial charge on any atom is -0.317 e. The standard InChI is InChI=1S/C13H16N2S/c1-2-11(8-10-4-6-14-7-5-10)13-12(3-1)15-9-16-13/h1-3,9-10,14H,4-8H2. The lowest BCUT2D eigenvalue weighted by Crippen LogP contribution is -2.28. The van der Waals surface area contributed by atoms with Crippen molar-refractivity contribution in [3.05, 3.63) is 29.3 Å². The van der Waals surface area contributed by atoms with Crippen LogP contribution >= 0.6 is 11.3 Å². The molecule has 3 heteroatoms. The molecule has 0 atom stereocenters. The first-order chi connectivity index (χ1) is 7.93. The SMILES string of the molecule is c1cc(CC2CCNCC2)c2scnc2c1. The Labute approximate surface area is 99.7 Å². The summed E-state index contributed by atoms with van der Waals surface area (Å²) in [5.74, 6) is 0.856. The fraction of sp³-hybridized carbons (Fsp3) is 0.462. The Bertz CT molecular complexity index is 471. The highest BCUT2D eigenvalue weighted by Crippen LogP contribution is 2.26. The summed E-state index contributed by atoms with van der Waals surface area (Å²) in [7, 11) is 0. The molecule has 0 radical (unpaired) electrons. The van der Waals surface area contributed by atoms with Gasteiger partial charge in [0.05, 0.1) is 15.7 Å². The van der Waals surface area contributed by atoms with Gasteiger partial charge in [-0.15, -0.1) is 11.3 Å². The normalized spacial score (nSPS) is 18.0. The summed E-state index contributed by atoms with van der Waals surface area (Å²) in [5.41, 5.74) is 4.61. The van der Waals surface area contributed by atoms with Gasteiger partial charge < -0.3 is 5.32 Å². The smallest absolute Gasteiger partial charge is 0.0814 e. The van der Waals surface area contributed by atoms with E-state index in [-0.39, 0.29) is 0 Å². The van der Waals surface area contributed by atoms with Gasteiger partial charge in [-0.2, -0.15) is 0 Å². The number of aromatic nitrogens is 1. The molecule has 1 aliphatic rings. The summed E-state index contributed by atoms with van der Waals surface area (Å²) in [6, 6.07) is 6.51. The van der Waals surface area contributed by atoms with Crippen molar-refractivity contribution in [2.45, 2.75) is 19.3 Å². The van der Waals surface area contributed by atoms with Crippen LogP contribution in [0.1, 0.15) is 18.4 Å². The summed E-state index contributed by atoms with van der Waals surface area (Å²) in [6.07, 6.45) is 3.85. The number of thiazole rings is 1.